The number of hydrogen-bond donors (Lipinski definition) is 0. The first-order valence-corrected chi connectivity index (χ1v) is 4.67. The third kappa shape index (κ3) is 11.0. The molecule has 0 aliphatic carbocycles. The average Bonchev–Trinajstić information content (AvgIpc) is 2.09. The van der Waals surface area contributed by atoms with Crippen LogP contribution < -0.4 is 0 Å². The normalized spacial score (nSPS) is 10.3. The summed E-state index contributed by atoms with van der Waals surface area (Å²) in [5.74, 6) is -0.216. The van der Waals surface area contributed by atoms with Crippen molar-refractivity contribution in [2.45, 2.75) is 33.1 Å². The van der Waals surface area contributed by atoms with Gasteiger partial charge in [-0.2, -0.15) is 0 Å². The fourth-order valence-electron chi connectivity index (χ4n) is 0.736. The summed E-state index contributed by atoms with van der Waals surface area (Å²) in [6.07, 6.45) is 6.45. The van der Waals surface area contributed by atoms with E-state index in [1.165, 1.54) is 6.92 Å². The molecule has 0 aliphatic heterocycles. The van der Waals surface area contributed by atoms with Crippen LogP contribution in [-0.4, -0.2) is 19.2 Å². The van der Waals surface area contributed by atoms with Crippen LogP contribution in [0.25, 0.3) is 0 Å². The molecule has 3 nitrogen and oxygen atoms in total. The summed E-state index contributed by atoms with van der Waals surface area (Å²) < 4.78 is 9.92. The van der Waals surface area contributed by atoms with Gasteiger partial charge in [-0.05, 0) is 19.3 Å². The Hall–Kier alpha value is -0.990. The number of carbonyl (C=O) groups excluding carboxylic acids is 1. The maximum Gasteiger partial charge on any atom is 0.302 e. The molecule has 0 bridgehead atoms. The Morgan fingerprint density at radius 2 is 2.00 bits per heavy atom. The number of esters is 1. The third-order valence-corrected chi connectivity index (χ3v) is 1.39. The largest absolute Gasteiger partial charge is 0.502 e. The van der Waals surface area contributed by atoms with E-state index in [1.54, 1.807) is 6.26 Å². The fraction of sp³-hybridized carbons (Fsp3) is 0.700. The minimum absolute atomic E-state index is 0.216. The van der Waals surface area contributed by atoms with Gasteiger partial charge in [-0.25, -0.2) is 0 Å². The van der Waals surface area contributed by atoms with E-state index >= 15 is 0 Å². The Morgan fingerprint density at radius 1 is 1.31 bits per heavy atom. The first kappa shape index (κ1) is 12.0. The maximum atomic E-state index is 10.4. The standard InChI is InChI=1S/C10H18O3/c1-3-4-7-12-8-5-6-9-13-10(2)11/h4,7H,3,5-6,8-9H2,1-2H3. The van der Waals surface area contributed by atoms with E-state index in [-0.39, 0.29) is 5.97 Å². The zero-order valence-corrected chi connectivity index (χ0v) is 8.41. The van der Waals surface area contributed by atoms with E-state index in [1.807, 2.05) is 6.08 Å². The predicted molar refractivity (Wildman–Crippen MR) is 51.3 cm³/mol. The number of unbranched alkanes of at least 4 members (excludes halogenated alkanes) is 1. The van der Waals surface area contributed by atoms with Crippen LogP contribution in [0.2, 0.25) is 0 Å². The smallest absolute Gasteiger partial charge is 0.302 e. The van der Waals surface area contributed by atoms with E-state index < -0.39 is 0 Å². The molecule has 0 fully saturated rings. The van der Waals surface area contributed by atoms with E-state index in [0.29, 0.717) is 13.2 Å². The molecule has 0 radical (unpaired) electrons. The zero-order chi connectivity index (χ0) is 9.94. The molecule has 0 saturated heterocycles. The lowest BCUT2D eigenvalue weighted by molar-refractivity contribution is -0.141. The summed E-state index contributed by atoms with van der Waals surface area (Å²) in [6, 6.07) is 0. The van der Waals surface area contributed by atoms with Gasteiger partial charge in [-0.1, -0.05) is 13.0 Å². The van der Waals surface area contributed by atoms with Crippen molar-refractivity contribution in [3.8, 4) is 0 Å². The second kappa shape index (κ2) is 9.10. The van der Waals surface area contributed by atoms with Crippen molar-refractivity contribution in [2.75, 3.05) is 13.2 Å². The van der Waals surface area contributed by atoms with Gasteiger partial charge in [0, 0.05) is 6.92 Å². The van der Waals surface area contributed by atoms with Crippen LogP contribution in [0.5, 0.6) is 0 Å². The van der Waals surface area contributed by atoms with Crippen LogP contribution in [0.15, 0.2) is 12.3 Å². The predicted octanol–water partition coefficient (Wildman–Crippen LogP) is 2.27. The Kier molecular flexibility index (Phi) is 8.41. The summed E-state index contributed by atoms with van der Waals surface area (Å²) in [5, 5.41) is 0. The molecule has 0 atom stereocenters. The molecule has 0 aromatic heterocycles. The first-order chi connectivity index (χ1) is 6.27. The number of ether oxygens (including phenoxy) is 2. The second-order valence-corrected chi connectivity index (χ2v) is 2.70. The van der Waals surface area contributed by atoms with Gasteiger partial charge in [-0.15, -0.1) is 0 Å². The third-order valence-electron chi connectivity index (χ3n) is 1.39. The van der Waals surface area contributed by atoms with Crippen molar-refractivity contribution in [3.63, 3.8) is 0 Å². The number of carbonyl (C=O) groups is 1. The monoisotopic (exact) mass is 186 g/mol. The van der Waals surface area contributed by atoms with Gasteiger partial charge in [-0.3, -0.25) is 4.79 Å². The van der Waals surface area contributed by atoms with E-state index in [4.69, 9.17) is 9.47 Å². The molecular weight excluding hydrogens is 168 g/mol. The highest BCUT2D eigenvalue weighted by molar-refractivity contribution is 5.65. The molecule has 0 heterocycles. The first-order valence-electron chi connectivity index (χ1n) is 4.67. The lowest BCUT2D eigenvalue weighted by Crippen LogP contribution is -2.01. The lowest BCUT2D eigenvalue weighted by Gasteiger charge is -2.01. The molecule has 0 rings (SSSR count). The van der Waals surface area contributed by atoms with Crippen molar-refractivity contribution < 1.29 is 14.3 Å². The topological polar surface area (TPSA) is 35.5 Å². The molecule has 0 unspecified atom stereocenters. The van der Waals surface area contributed by atoms with Crippen molar-refractivity contribution in [1.29, 1.82) is 0 Å². The molecule has 76 valence electrons. The summed E-state index contributed by atoms with van der Waals surface area (Å²) in [4.78, 5) is 10.4. The van der Waals surface area contributed by atoms with Gasteiger partial charge in [0.25, 0.3) is 0 Å². The maximum absolute atomic E-state index is 10.4. The second-order valence-electron chi connectivity index (χ2n) is 2.70. The van der Waals surface area contributed by atoms with Crippen LogP contribution in [0, 0.1) is 0 Å². The molecule has 13 heavy (non-hydrogen) atoms. The lowest BCUT2D eigenvalue weighted by atomic mass is 10.3. The molecule has 0 amide bonds. The van der Waals surface area contributed by atoms with Crippen molar-refractivity contribution >= 4 is 5.97 Å². The van der Waals surface area contributed by atoms with Crippen LogP contribution in [-0.2, 0) is 14.3 Å². The van der Waals surface area contributed by atoms with Gasteiger partial charge in [0.05, 0.1) is 19.5 Å². The van der Waals surface area contributed by atoms with Crippen LogP contribution >= 0.6 is 0 Å². The number of hydrogen-bond acceptors (Lipinski definition) is 3. The Labute approximate surface area is 79.7 Å². The molecule has 0 aromatic rings. The Balaban J connectivity index is 2.99. The van der Waals surface area contributed by atoms with Crippen molar-refractivity contribution in [2.24, 2.45) is 0 Å². The van der Waals surface area contributed by atoms with Gasteiger partial charge in [0.2, 0.25) is 0 Å². The molecular formula is C10H18O3. The quantitative estimate of drug-likeness (QED) is 0.347. The minimum atomic E-state index is -0.216. The number of allylic oxidation sites excluding steroid dienone is 1. The van der Waals surface area contributed by atoms with E-state index in [9.17, 15) is 4.79 Å². The van der Waals surface area contributed by atoms with E-state index in [0.717, 1.165) is 19.3 Å². The van der Waals surface area contributed by atoms with Gasteiger partial charge in [0.15, 0.2) is 0 Å². The molecule has 0 aromatic carbocycles. The van der Waals surface area contributed by atoms with Crippen LogP contribution in [0.4, 0.5) is 0 Å². The van der Waals surface area contributed by atoms with E-state index in [2.05, 4.69) is 6.92 Å². The molecule has 0 spiro atoms. The van der Waals surface area contributed by atoms with Crippen LogP contribution in [0.3, 0.4) is 0 Å². The van der Waals surface area contributed by atoms with Gasteiger partial charge >= 0.3 is 5.97 Å². The summed E-state index contributed by atoms with van der Waals surface area (Å²) in [7, 11) is 0. The Bertz CT molecular complexity index is 152. The van der Waals surface area contributed by atoms with Crippen molar-refractivity contribution in [3.05, 3.63) is 12.3 Å². The highest BCUT2D eigenvalue weighted by Gasteiger charge is 1.91. The molecule has 3 heteroatoms. The SMILES string of the molecule is CCC=COCCCCOC(C)=O. The van der Waals surface area contributed by atoms with Crippen molar-refractivity contribution in [1.82, 2.24) is 0 Å². The summed E-state index contributed by atoms with van der Waals surface area (Å²) in [6.45, 7) is 4.66. The Morgan fingerprint density at radius 3 is 2.62 bits per heavy atom. The summed E-state index contributed by atoms with van der Waals surface area (Å²) in [5.41, 5.74) is 0. The zero-order valence-electron chi connectivity index (χ0n) is 8.41. The molecule has 0 N–H and O–H groups in total. The number of rotatable bonds is 7. The fourth-order valence-corrected chi connectivity index (χ4v) is 0.736. The highest BCUT2D eigenvalue weighted by atomic mass is 16.5. The minimum Gasteiger partial charge on any atom is -0.502 e. The average molecular weight is 186 g/mol. The van der Waals surface area contributed by atoms with Gasteiger partial charge in [0.1, 0.15) is 0 Å². The molecule has 0 saturated carbocycles. The summed E-state index contributed by atoms with van der Waals surface area (Å²) >= 11 is 0. The molecule has 0 aliphatic rings. The highest BCUT2D eigenvalue weighted by Crippen LogP contribution is 1.92. The van der Waals surface area contributed by atoms with Gasteiger partial charge < -0.3 is 9.47 Å². The van der Waals surface area contributed by atoms with Crippen LogP contribution in [0.1, 0.15) is 33.1 Å².